The summed E-state index contributed by atoms with van der Waals surface area (Å²) < 4.78 is 16.6. The predicted molar refractivity (Wildman–Crippen MR) is 90.5 cm³/mol. The van der Waals surface area contributed by atoms with Gasteiger partial charge in [0, 0.05) is 36.8 Å². The van der Waals surface area contributed by atoms with Crippen molar-refractivity contribution in [3.8, 4) is 5.75 Å². The third-order valence-electron chi connectivity index (χ3n) is 4.30. The molecule has 2 saturated heterocycles. The van der Waals surface area contributed by atoms with Gasteiger partial charge in [-0.15, -0.1) is 0 Å². The minimum absolute atomic E-state index is 0.0638. The Balaban J connectivity index is 1.99. The summed E-state index contributed by atoms with van der Waals surface area (Å²) in [6.07, 6.45) is 0.0638. The molecule has 2 aliphatic heterocycles. The van der Waals surface area contributed by atoms with Gasteiger partial charge in [0.25, 0.3) is 0 Å². The number of halogens is 2. The van der Waals surface area contributed by atoms with E-state index in [0.29, 0.717) is 15.8 Å². The number of hydrogen-bond donors (Lipinski definition) is 0. The van der Waals surface area contributed by atoms with E-state index in [4.69, 9.17) is 37.4 Å². The van der Waals surface area contributed by atoms with E-state index in [1.165, 1.54) is 0 Å². The van der Waals surface area contributed by atoms with Crippen molar-refractivity contribution in [3.05, 3.63) is 27.7 Å². The molecule has 7 heteroatoms. The summed E-state index contributed by atoms with van der Waals surface area (Å²) in [5.41, 5.74) is 1.01. The van der Waals surface area contributed by atoms with Gasteiger partial charge in [-0.05, 0) is 12.1 Å². The standard InChI is InChI=1S/C16H22Cl2N2O3/c1-21-15-13(10-12(17)11-14(15)18)16(19-2-6-22-7-3-19)20-4-8-23-9-5-20/h10-11,16H,2-9H2,1H3. The summed E-state index contributed by atoms with van der Waals surface area (Å²) in [5, 5.41) is 1.17. The molecule has 2 heterocycles. The fourth-order valence-electron chi connectivity index (χ4n) is 3.26. The lowest BCUT2D eigenvalue weighted by Gasteiger charge is -2.43. The normalized spacial score (nSPS) is 20.9. The largest absolute Gasteiger partial charge is 0.495 e. The first kappa shape index (κ1) is 17.3. The van der Waals surface area contributed by atoms with Crippen LogP contribution in [0.25, 0.3) is 0 Å². The lowest BCUT2D eigenvalue weighted by Crippen LogP contribution is -2.50. The Morgan fingerprint density at radius 2 is 1.48 bits per heavy atom. The topological polar surface area (TPSA) is 34.2 Å². The molecule has 0 N–H and O–H groups in total. The van der Waals surface area contributed by atoms with Gasteiger partial charge in [-0.2, -0.15) is 0 Å². The molecule has 23 heavy (non-hydrogen) atoms. The lowest BCUT2D eigenvalue weighted by molar-refractivity contribution is -0.0682. The lowest BCUT2D eigenvalue weighted by atomic mass is 10.1. The molecular formula is C16H22Cl2N2O3. The van der Waals surface area contributed by atoms with Crippen LogP contribution in [0.3, 0.4) is 0 Å². The molecular weight excluding hydrogens is 339 g/mol. The maximum atomic E-state index is 6.36. The minimum Gasteiger partial charge on any atom is -0.495 e. The van der Waals surface area contributed by atoms with E-state index in [0.717, 1.165) is 58.2 Å². The maximum absolute atomic E-state index is 6.36. The van der Waals surface area contributed by atoms with E-state index in [-0.39, 0.29) is 6.17 Å². The van der Waals surface area contributed by atoms with Gasteiger partial charge in [0.1, 0.15) is 5.75 Å². The first-order valence-electron chi connectivity index (χ1n) is 7.87. The second kappa shape index (κ2) is 8.01. The fourth-order valence-corrected chi connectivity index (χ4v) is 3.84. The Kier molecular flexibility index (Phi) is 6.01. The average Bonchev–Trinajstić information content (AvgIpc) is 2.57. The molecule has 0 unspecified atom stereocenters. The number of methoxy groups -OCH3 is 1. The maximum Gasteiger partial charge on any atom is 0.143 e. The van der Waals surface area contributed by atoms with Crippen LogP contribution in [0.2, 0.25) is 10.0 Å². The molecule has 0 aliphatic carbocycles. The minimum atomic E-state index is 0.0638. The van der Waals surface area contributed by atoms with Gasteiger partial charge in [0.2, 0.25) is 0 Å². The molecule has 0 radical (unpaired) electrons. The van der Waals surface area contributed by atoms with Crippen molar-refractivity contribution in [1.29, 1.82) is 0 Å². The van der Waals surface area contributed by atoms with Crippen molar-refractivity contribution in [3.63, 3.8) is 0 Å². The van der Waals surface area contributed by atoms with E-state index in [1.54, 1.807) is 13.2 Å². The van der Waals surface area contributed by atoms with Gasteiger partial charge in [0.15, 0.2) is 0 Å². The van der Waals surface area contributed by atoms with Crippen LogP contribution in [0.1, 0.15) is 11.7 Å². The smallest absolute Gasteiger partial charge is 0.143 e. The third-order valence-corrected chi connectivity index (χ3v) is 4.80. The molecule has 0 atom stereocenters. The second-order valence-corrected chi connectivity index (χ2v) is 6.52. The van der Waals surface area contributed by atoms with E-state index in [9.17, 15) is 0 Å². The van der Waals surface area contributed by atoms with Crippen LogP contribution < -0.4 is 4.74 Å². The van der Waals surface area contributed by atoms with Crippen molar-refractivity contribution in [2.75, 3.05) is 59.7 Å². The van der Waals surface area contributed by atoms with Crippen LogP contribution in [0, 0.1) is 0 Å². The molecule has 0 bridgehead atoms. The molecule has 2 fully saturated rings. The van der Waals surface area contributed by atoms with Crippen molar-refractivity contribution in [2.24, 2.45) is 0 Å². The van der Waals surface area contributed by atoms with Gasteiger partial charge < -0.3 is 14.2 Å². The van der Waals surface area contributed by atoms with Crippen LogP contribution in [0.5, 0.6) is 5.75 Å². The van der Waals surface area contributed by atoms with Crippen molar-refractivity contribution in [1.82, 2.24) is 9.80 Å². The Hall–Kier alpha value is -0.560. The highest BCUT2D eigenvalue weighted by molar-refractivity contribution is 6.35. The highest BCUT2D eigenvalue weighted by Crippen LogP contribution is 2.39. The molecule has 128 valence electrons. The summed E-state index contributed by atoms with van der Waals surface area (Å²) in [6, 6.07) is 3.68. The van der Waals surface area contributed by atoms with Crippen LogP contribution in [0.15, 0.2) is 12.1 Å². The zero-order valence-corrected chi connectivity index (χ0v) is 14.8. The summed E-state index contributed by atoms with van der Waals surface area (Å²) in [6.45, 7) is 6.42. The molecule has 0 saturated carbocycles. The monoisotopic (exact) mass is 360 g/mol. The SMILES string of the molecule is COc1c(Cl)cc(Cl)cc1C(N1CCOCC1)N1CCOCC1. The zero-order valence-electron chi connectivity index (χ0n) is 13.3. The number of hydrogen-bond acceptors (Lipinski definition) is 5. The predicted octanol–water partition coefficient (Wildman–Crippen LogP) is 2.67. The number of ether oxygens (including phenoxy) is 3. The quantitative estimate of drug-likeness (QED) is 0.824. The number of benzene rings is 1. The van der Waals surface area contributed by atoms with Crippen molar-refractivity contribution in [2.45, 2.75) is 6.17 Å². The Morgan fingerprint density at radius 1 is 0.957 bits per heavy atom. The first-order valence-corrected chi connectivity index (χ1v) is 8.63. The molecule has 0 aromatic heterocycles. The van der Waals surface area contributed by atoms with Gasteiger partial charge in [0.05, 0.1) is 44.7 Å². The Bertz CT molecular complexity index is 514. The van der Waals surface area contributed by atoms with Crippen LogP contribution in [-0.2, 0) is 9.47 Å². The molecule has 0 spiro atoms. The van der Waals surface area contributed by atoms with Gasteiger partial charge >= 0.3 is 0 Å². The average molecular weight is 361 g/mol. The van der Waals surface area contributed by atoms with Gasteiger partial charge in [-0.3, -0.25) is 9.80 Å². The Labute approximate surface area is 147 Å². The van der Waals surface area contributed by atoms with E-state index < -0.39 is 0 Å². The van der Waals surface area contributed by atoms with Crippen molar-refractivity contribution >= 4 is 23.2 Å². The van der Waals surface area contributed by atoms with E-state index in [1.807, 2.05) is 6.07 Å². The number of morpholine rings is 2. The van der Waals surface area contributed by atoms with Crippen molar-refractivity contribution < 1.29 is 14.2 Å². The van der Waals surface area contributed by atoms with Gasteiger partial charge in [-0.1, -0.05) is 23.2 Å². The summed E-state index contributed by atoms with van der Waals surface area (Å²) in [5.74, 6) is 0.694. The fraction of sp³-hybridized carbons (Fsp3) is 0.625. The molecule has 1 aromatic rings. The van der Waals surface area contributed by atoms with Crippen LogP contribution in [-0.4, -0.2) is 69.5 Å². The van der Waals surface area contributed by atoms with E-state index in [2.05, 4.69) is 9.80 Å². The molecule has 3 rings (SSSR count). The van der Waals surface area contributed by atoms with Gasteiger partial charge in [-0.25, -0.2) is 0 Å². The third kappa shape index (κ3) is 3.92. The summed E-state index contributed by atoms with van der Waals surface area (Å²) in [4.78, 5) is 4.80. The zero-order chi connectivity index (χ0) is 16.2. The molecule has 0 amide bonds. The molecule has 5 nitrogen and oxygen atoms in total. The summed E-state index contributed by atoms with van der Waals surface area (Å²) in [7, 11) is 1.65. The highest BCUT2D eigenvalue weighted by atomic mass is 35.5. The van der Waals surface area contributed by atoms with Crippen LogP contribution >= 0.6 is 23.2 Å². The number of nitrogens with zero attached hydrogens (tertiary/aromatic N) is 2. The summed E-state index contributed by atoms with van der Waals surface area (Å²) >= 11 is 12.6. The Morgan fingerprint density at radius 3 is 1.96 bits per heavy atom. The highest BCUT2D eigenvalue weighted by Gasteiger charge is 2.32. The first-order chi connectivity index (χ1) is 11.2. The number of rotatable bonds is 4. The second-order valence-electron chi connectivity index (χ2n) is 5.68. The van der Waals surface area contributed by atoms with Crippen LogP contribution in [0.4, 0.5) is 0 Å². The van der Waals surface area contributed by atoms with E-state index >= 15 is 0 Å². The molecule has 2 aliphatic rings. The molecule has 1 aromatic carbocycles.